The SMILES string of the molecule is O=C1c2ccccc2C(=O)N1CCCSc1ncccn1. The molecule has 5 nitrogen and oxygen atoms in total. The summed E-state index contributed by atoms with van der Waals surface area (Å²) in [7, 11) is 0. The van der Waals surface area contributed by atoms with Crippen LogP contribution in [-0.4, -0.2) is 39.0 Å². The van der Waals surface area contributed by atoms with Crippen molar-refractivity contribution in [3.8, 4) is 0 Å². The molecule has 3 rings (SSSR count). The van der Waals surface area contributed by atoms with Gasteiger partial charge in [0.2, 0.25) is 0 Å². The van der Waals surface area contributed by atoms with E-state index in [0.717, 1.165) is 5.75 Å². The highest BCUT2D eigenvalue weighted by Crippen LogP contribution is 2.23. The number of amides is 2. The number of imide groups is 1. The number of hydrogen-bond donors (Lipinski definition) is 0. The molecule has 2 aromatic rings. The van der Waals surface area contributed by atoms with Gasteiger partial charge in [-0.25, -0.2) is 9.97 Å². The van der Waals surface area contributed by atoms with Crippen LogP contribution in [0.1, 0.15) is 27.1 Å². The lowest BCUT2D eigenvalue weighted by molar-refractivity contribution is 0.0655. The summed E-state index contributed by atoms with van der Waals surface area (Å²) >= 11 is 1.52. The first-order chi connectivity index (χ1) is 10.3. The summed E-state index contributed by atoms with van der Waals surface area (Å²) in [5, 5.41) is 0.708. The van der Waals surface area contributed by atoms with Gasteiger partial charge in [-0.3, -0.25) is 14.5 Å². The third kappa shape index (κ3) is 2.80. The van der Waals surface area contributed by atoms with Crippen molar-refractivity contribution in [3.05, 3.63) is 53.9 Å². The minimum Gasteiger partial charge on any atom is -0.274 e. The monoisotopic (exact) mass is 299 g/mol. The third-order valence-electron chi connectivity index (χ3n) is 3.18. The van der Waals surface area contributed by atoms with E-state index < -0.39 is 0 Å². The predicted octanol–water partition coefficient (Wildman–Crippen LogP) is 2.26. The molecule has 0 aliphatic carbocycles. The number of nitrogens with zero attached hydrogens (tertiary/aromatic N) is 3. The molecule has 2 heterocycles. The van der Waals surface area contributed by atoms with E-state index in [2.05, 4.69) is 9.97 Å². The fourth-order valence-electron chi connectivity index (χ4n) is 2.19. The highest BCUT2D eigenvalue weighted by Gasteiger charge is 2.34. The van der Waals surface area contributed by atoms with E-state index in [1.807, 2.05) is 0 Å². The molecular weight excluding hydrogens is 286 g/mol. The molecule has 2 amide bonds. The molecule has 0 spiro atoms. The Bertz CT molecular complexity index is 641. The van der Waals surface area contributed by atoms with E-state index in [9.17, 15) is 9.59 Å². The maximum absolute atomic E-state index is 12.1. The van der Waals surface area contributed by atoms with Gasteiger partial charge in [0.15, 0.2) is 5.16 Å². The van der Waals surface area contributed by atoms with Gasteiger partial charge in [-0.1, -0.05) is 23.9 Å². The minimum absolute atomic E-state index is 0.198. The number of carbonyl (C=O) groups excluding carboxylic acids is 2. The van der Waals surface area contributed by atoms with Gasteiger partial charge in [0.25, 0.3) is 11.8 Å². The van der Waals surface area contributed by atoms with Crippen LogP contribution in [0.2, 0.25) is 0 Å². The van der Waals surface area contributed by atoms with Gasteiger partial charge in [-0.15, -0.1) is 0 Å². The lowest BCUT2D eigenvalue weighted by Gasteiger charge is -2.12. The molecule has 0 bridgehead atoms. The molecule has 0 radical (unpaired) electrons. The van der Waals surface area contributed by atoms with E-state index >= 15 is 0 Å². The Hall–Kier alpha value is -2.21. The molecule has 0 atom stereocenters. The zero-order valence-corrected chi connectivity index (χ0v) is 12.0. The fraction of sp³-hybridized carbons (Fsp3) is 0.200. The molecule has 0 unspecified atom stereocenters. The van der Waals surface area contributed by atoms with Crippen LogP contribution in [0, 0.1) is 0 Å². The second kappa shape index (κ2) is 6.05. The highest BCUT2D eigenvalue weighted by atomic mass is 32.2. The van der Waals surface area contributed by atoms with E-state index in [4.69, 9.17) is 0 Å². The number of carbonyl (C=O) groups is 2. The Morgan fingerprint density at radius 2 is 1.57 bits per heavy atom. The number of fused-ring (bicyclic) bond motifs is 1. The predicted molar refractivity (Wildman–Crippen MR) is 79.2 cm³/mol. The Balaban J connectivity index is 1.55. The second-order valence-corrected chi connectivity index (χ2v) is 5.60. The van der Waals surface area contributed by atoms with Gasteiger partial charge >= 0.3 is 0 Å². The van der Waals surface area contributed by atoms with Crippen LogP contribution < -0.4 is 0 Å². The Kier molecular flexibility index (Phi) is 3.96. The molecule has 0 saturated heterocycles. The number of aromatic nitrogens is 2. The Morgan fingerprint density at radius 3 is 2.19 bits per heavy atom. The molecule has 21 heavy (non-hydrogen) atoms. The number of rotatable bonds is 5. The zero-order valence-electron chi connectivity index (χ0n) is 11.2. The van der Waals surface area contributed by atoms with Gasteiger partial charge in [0.05, 0.1) is 11.1 Å². The first kappa shape index (κ1) is 13.8. The first-order valence-electron chi connectivity index (χ1n) is 6.62. The standard InChI is InChI=1S/C15H13N3O2S/c19-13-11-5-1-2-6-12(11)14(20)18(13)9-4-10-21-15-16-7-3-8-17-15/h1-3,5-8H,4,9-10H2. The summed E-state index contributed by atoms with van der Waals surface area (Å²) in [5.41, 5.74) is 1.00. The molecule has 106 valence electrons. The van der Waals surface area contributed by atoms with E-state index in [1.165, 1.54) is 16.7 Å². The van der Waals surface area contributed by atoms with Crippen molar-refractivity contribution in [2.45, 2.75) is 11.6 Å². The van der Waals surface area contributed by atoms with Crippen LogP contribution in [-0.2, 0) is 0 Å². The fourth-order valence-corrected chi connectivity index (χ4v) is 2.92. The average molecular weight is 299 g/mol. The maximum atomic E-state index is 12.1. The molecule has 6 heteroatoms. The lowest BCUT2D eigenvalue weighted by Crippen LogP contribution is -2.31. The van der Waals surface area contributed by atoms with Crippen molar-refractivity contribution < 1.29 is 9.59 Å². The van der Waals surface area contributed by atoms with Gasteiger partial charge in [0.1, 0.15) is 0 Å². The molecule has 1 aromatic carbocycles. The topological polar surface area (TPSA) is 63.2 Å². The number of benzene rings is 1. The zero-order chi connectivity index (χ0) is 14.7. The van der Waals surface area contributed by atoms with E-state index in [0.29, 0.717) is 29.2 Å². The van der Waals surface area contributed by atoms with Gasteiger partial charge in [-0.2, -0.15) is 0 Å². The molecular formula is C15H13N3O2S. The molecule has 1 aromatic heterocycles. The maximum Gasteiger partial charge on any atom is 0.261 e. The summed E-state index contributed by atoms with van der Waals surface area (Å²) in [6.45, 7) is 0.423. The van der Waals surface area contributed by atoms with Gasteiger partial charge in [0, 0.05) is 24.7 Å². The van der Waals surface area contributed by atoms with Crippen molar-refractivity contribution in [2.75, 3.05) is 12.3 Å². The smallest absolute Gasteiger partial charge is 0.261 e. The van der Waals surface area contributed by atoms with Crippen molar-refractivity contribution in [2.24, 2.45) is 0 Å². The van der Waals surface area contributed by atoms with Crippen LogP contribution in [0.5, 0.6) is 0 Å². The summed E-state index contributed by atoms with van der Waals surface area (Å²) in [5.74, 6) is 0.366. The molecule has 0 N–H and O–H groups in total. The third-order valence-corrected chi connectivity index (χ3v) is 4.14. The normalized spacial score (nSPS) is 13.6. The van der Waals surface area contributed by atoms with Crippen LogP contribution in [0.15, 0.2) is 47.9 Å². The van der Waals surface area contributed by atoms with Crippen molar-refractivity contribution in [3.63, 3.8) is 0 Å². The number of hydrogen-bond acceptors (Lipinski definition) is 5. The van der Waals surface area contributed by atoms with E-state index in [-0.39, 0.29) is 11.8 Å². The summed E-state index contributed by atoms with van der Waals surface area (Å²) in [4.78, 5) is 33.8. The Morgan fingerprint density at radius 1 is 0.952 bits per heavy atom. The van der Waals surface area contributed by atoms with Gasteiger partial charge < -0.3 is 0 Å². The Labute approximate surface area is 126 Å². The quantitative estimate of drug-likeness (QED) is 0.367. The van der Waals surface area contributed by atoms with Crippen LogP contribution in [0.3, 0.4) is 0 Å². The summed E-state index contributed by atoms with van der Waals surface area (Å²) in [6.07, 6.45) is 4.10. The second-order valence-electron chi connectivity index (χ2n) is 4.54. The van der Waals surface area contributed by atoms with Crippen molar-refractivity contribution in [1.29, 1.82) is 0 Å². The molecule has 0 fully saturated rings. The van der Waals surface area contributed by atoms with Crippen molar-refractivity contribution in [1.82, 2.24) is 14.9 Å². The highest BCUT2D eigenvalue weighted by molar-refractivity contribution is 7.99. The summed E-state index contributed by atoms with van der Waals surface area (Å²) < 4.78 is 0. The average Bonchev–Trinajstić information content (AvgIpc) is 2.77. The lowest BCUT2D eigenvalue weighted by atomic mass is 10.1. The molecule has 1 aliphatic heterocycles. The van der Waals surface area contributed by atoms with Crippen LogP contribution >= 0.6 is 11.8 Å². The minimum atomic E-state index is -0.198. The molecule has 1 aliphatic rings. The largest absolute Gasteiger partial charge is 0.274 e. The van der Waals surface area contributed by atoms with E-state index in [1.54, 1.807) is 42.7 Å². The first-order valence-corrected chi connectivity index (χ1v) is 7.61. The van der Waals surface area contributed by atoms with Gasteiger partial charge in [-0.05, 0) is 24.6 Å². The number of thioether (sulfide) groups is 1. The van der Waals surface area contributed by atoms with Crippen LogP contribution in [0.4, 0.5) is 0 Å². The summed E-state index contributed by atoms with van der Waals surface area (Å²) in [6, 6.07) is 8.71. The van der Waals surface area contributed by atoms with Crippen LogP contribution in [0.25, 0.3) is 0 Å². The van der Waals surface area contributed by atoms with Crippen molar-refractivity contribution >= 4 is 23.6 Å². The molecule has 0 saturated carbocycles.